The van der Waals surface area contributed by atoms with Gasteiger partial charge in [-0.15, -0.1) is 0 Å². The third-order valence-corrected chi connectivity index (χ3v) is 4.46. The van der Waals surface area contributed by atoms with Crippen LogP contribution in [0, 0.1) is 18.8 Å². The molecule has 3 N–H and O–H groups in total. The zero-order valence-electron chi connectivity index (χ0n) is 10.8. The monoisotopic (exact) mass is 247 g/mol. The number of rotatable bonds is 2. The van der Waals surface area contributed by atoms with Crippen LogP contribution >= 0.6 is 0 Å². The number of aliphatic hydroxyl groups is 1. The topological polar surface area (TPSA) is 62.4 Å². The fourth-order valence-electron chi connectivity index (χ4n) is 3.48. The molecular formula is C14H21N3O. The first-order valence-electron chi connectivity index (χ1n) is 6.77. The van der Waals surface area contributed by atoms with Gasteiger partial charge in [0, 0.05) is 31.7 Å². The molecule has 3 unspecified atom stereocenters. The van der Waals surface area contributed by atoms with Crippen LogP contribution in [-0.2, 0) is 6.54 Å². The minimum Gasteiger partial charge on any atom is -0.393 e. The van der Waals surface area contributed by atoms with Crippen molar-refractivity contribution in [2.24, 2.45) is 17.6 Å². The fourth-order valence-corrected chi connectivity index (χ4v) is 3.48. The molecule has 2 fully saturated rings. The number of aryl methyl sites for hydroxylation is 1. The maximum absolute atomic E-state index is 9.95. The van der Waals surface area contributed by atoms with E-state index >= 15 is 0 Å². The first kappa shape index (κ1) is 11.9. The molecule has 4 heteroatoms. The van der Waals surface area contributed by atoms with Crippen LogP contribution in [0.5, 0.6) is 0 Å². The van der Waals surface area contributed by atoms with Crippen LogP contribution in [-0.4, -0.2) is 29.3 Å². The highest BCUT2D eigenvalue weighted by molar-refractivity contribution is 5.48. The van der Waals surface area contributed by atoms with E-state index in [9.17, 15) is 5.11 Å². The van der Waals surface area contributed by atoms with E-state index in [-0.39, 0.29) is 6.10 Å². The van der Waals surface area contributed by atoms with Crippen molar-refractivity contribution >= 4 is 5.82 Å². The Morgan fingerprint density at radius 1 is 1.44 bits per heavy atom. The van der Waals surface area contributed by atoms with E-state index in [4.69, 9.17) is 5.73 Å². The van der Waals surface area contributed by atoms with Crippen LogP contribution < -0.4 is 10.6 Å². The summed E-state index contributed by atoms with van der Waals surface area (Å²) in [6.45, 7) is 4.61. The van der Waals surface area contributed by atoms with Crippen molar-refractivity contribution in [1.82, 2.24) is 4.98 Å². The molecule has 1 saturated heterocycles. The molecule has 1 aromatic heterocycles. The molecule has 18 heavy (non-hydrogen) atoms. The Morgan fingerprint density at radius 3 is 2.94 bits per heavy atom. The van der Waals surface area contributed by atoms with E-state index in [1.165, 1.54) is 5.56 Å². The lowest BCUT2D eigenvalue weighted by atomic mass is 10.00. The summed E-state index contributed by atoms with van der Waals surface area (Å²) >= 11 is 0. The molecular weight excluding hydrogens is 226 g/mol. The van der Waals surface area contributed by atoms with Crippen LogP contribution in [0.4, 0.5) is 5.82 Å². The third-order valence-electron chi connectivity index (χ3n) is 4.46. The average Bonchev–Trinajstić information content (AvgIpc) is 2.92. The molecule has 1 saturated carbocycles. The normalized spacial score (nSPS) is 30.8. The van der Waals surface area contributed by atoms with Crippen LogP contribution in [0.2, 0.25) is 0 Å². The summed E-state index contributed by atoms with van der Waals surface area (Å²) in [6, 6.07) is 2.12. The smallest absolute Gasteiger partial charge is 0.131 e. The number of pyridine rings is 1. The molecule has 0 radical (unpaired) electrons. The van der Waals surface area contributed by atoms with Crippen LogP contribution in [0.1, 0.15) is 24.0 Å². The van der Waals surface area contributed by atoms with E-state index in [0.29, 0.717) is 18.4 Å². The van der Waals surface area contributed by atoms with E-state index < -0.39 is 0 Å². The van der Waals surface area contributed by atoms with Crippen molar-refractivity contribution in [2.45, 2.75) is 32.4 Å². The zero-order chi connectivity index (χ0) is 12.7. The van der Waals surface area contributed by atoms with Crippen molar-refractivity contribution in [3.63, 3.8) is 0 Å². The van der Waals surface area contributed by atoms with Crippen LogP contribution in [0.15, 0.2) is 12.3 Å². The predicted molar refractivity (Wildman–Crippen MR) is 71.3 cm³/mol. The van der Waals surface area contributed by atoms with Crippen LogP contribution in [0.25, 0.3) is 0 Å². The van der Waals surface area contributed by atoms with Crippen molar-refractivity contribution < 1.29 is 5.11 Å². The van der Waals surface area contributed by atoms with E-state index in [1.54, 1.807) is 0 Å². The number of anilines is 1. The number of aliphatic hydroxyl groups excluding tert-OH is 1. The summed E-state index contributed by atoms with van der Waals surface area (Å²) in [5.74, 6) is 2.16. The molecule has 1 aliphatic carbocycles. The molecule has 2 heterocycles. The Labute approximate surface area is 108 Å². The van der Waals surface area contributed by atoms with E-state index in [2.05, 4.69) is 22.9 Å². The SMILES string of the molecule is Cc1cc(CN)cnc1N1CC2CCC(O)C2C1. The van der Waals surface area contributed by atoms with Gasteiger partial charge >= 0.3 is 0 Å². The fraction of sp³-hybridized carbons (Fsp3) is 0.643. The van der Waals surface area contributed by atoms with Crippen LogP contribution in [0.3, 0.4) is 0 Å². The first-order valence-corrected chi connectivity index (χ1v) is 6.77. The number of hydrogen-bond acceptors (Lipinski definition) is 4. The number of hydrogen-bond donors (Lipinski definition) is 2. The molecule has 98 valence electrons. The van der Waals surface area contributed by atoms with Gasteiger partial charge in [0.05, 0.1) is 6.10 Å². The first-order chi connectivity index (χ1) is 8.69. The average molecular weight is 247 g/mol. The molecule has 4 nitrogen and oxygen atoms in total. The molecule has 0 amide bonds. The molecule has 1 aromatic rings. The van der Waals surface area contributed by atoms with Crippen molar-refractivity contribution in [3.05, 3.63) is 23.4 Å². The maximum atomic E-state index is 9.95. The third kappa shape index (κ3) is 1.89. The number of nitrogens with zero attached hydrogens (tertiary/aromatic N) is 2. The largest absolute Gasteiger partial charge is 0.393 e. The van der Waals surface area contributed by atoms with Crippen molar-refractivity contribution in [2.75, 3.05) is 18.0 Å². The second kappa shape index (κ2) is 4.52. The quantitative estimate of drug-likeness (QED) is 0.820. The summed E-state index contributed by atoms with van der Waals surface area (Å²) in [5.41, 5.74) is 7.90. The number of aromatic nitrogens is 1. The molecule has 1 aliphatic heterocycles. The molecule has 3 rings (SSSR count). The van der Waals surface area contributed by atoms with Crippen molar-refractivity contribution in [3.8, 4) is 0 Å². The second-order valence-electron chi connectivity index (χ2n) is 5.66. The van der Waals surface area contributed by atoms with Crippen molar-refractivity contribution in [1.29, 1.82) is 0 Å². The van der Waals surface area contributed by atoms with Gasteiger partial charge < -0.3 is 15.7 Å². The molecule has 0 aromatic carbocycles. The highest BCUT2D eigenvalue weighted by Crippen LogP contribution is 2.39. The standard InChI is InChI=1S/C14H21N3O/c1-9-4-10(5-15)6-16-14(9)17-7-11-2-3-13(18)12(11)8-17/h4,6,11-13,18H,2-3,5,7-8,15H2,1H3. The highest BCUT2D eigenvalue weighted by atomic mass is 16.3. The summed E-state index contributed by atoms with van der Waals surface area (Å²) in [7, 11) is 0. The Kier molecular flexibility index (Phi) is 2.99. The lowest BCUT2D eigenvalue weighted by Crippen LogP contribution is -2.25. The molecule has 0 spiro atoms. The summed E-state index contributed by atoms with van der Waals surface area (Å²) < 4.78 is 0. The highest BCUT2D eigenvalue weighted by Gasteiger charge is 2.42. The Morgan fingerprint density at radius 2 is 2.28 bits per heavy atom. The van der Waals surface area contributed by atoms with Gasteiger partial charge in [0.2, 0.25) is 0 Å². The van der Waals surface area contributed by atoms with Gasteiger partial charge in [-0.3, -0.25) is 0 Å². The second-order valence-corrected chi connectivity index (χ2v) is 5.66. The van der Waals surface area contributed by atoms with Gasteiger partial charge in [-0.25, -0.2) is 4.98 Å². The Balaban J connectivity index is 1.80. The number of nitrogens with two attached hydrogens (primary N) is 1. The predicted octanol–water partition coefficient (Wildman–Crippen LogP) is 1.06. The minimum atomic E-state index is -0.108. The lowest BCUT2D eigenvalue weighted by molar-refractivity contribution is 0.133. The maximum Gasteiger partial charge on any atom is 0.131 e. The van der Waals surface area contributed by atoms with Gasteiger partial charge in [0.25, 0.3) is 0 Å². The Bertz CT molecular complexity index is 449. The molecule has 0 bridgehead atoms. The van der Waals surface area contributed by atoms with Gasteiger partial charge in [-0.05, 0) is 42.9 Å². The van der Waals surface area contributed by atoms with E-state index in [0.717, 1.165) is 37.3 Å². The lowest BCUT2D eigenvalue weighted by Gasteiger charge is -2.21. The Hall–Kier alpha value is -1.13. The van der Waals surface area contributed by atoms with Gasteiger partial charge in [0.15, 0.2) is 0 Å². The van der Waals surface area contributed by atoms with E-state index in [1.807, 2.05) is 6.20 Å². The van der Waals surface area contributed by atoms with Gasteiger partial charge in [-0.1, -0.05) is 0 Å². The minimum absolute atomic E-state index is 0.108. The number of fused-ring (bicyclic) bond motifs is 1. The van der Waals surface area contributed by atoms with Gasteiger partial charge in [-0.2, -0.15) is 0 Å². The molecule has 2 aliphatic rings. The van der Waals surface area contributed by atoms with Gasteiger partial charge in [0.1, 0.15) is 5.82 Å². The zero-order valence-corrected chi connectivity index (χ0v) is 10.8. The summed E-state index contributed by atoms with van der Waals surface area (Å²) in [6.07, 6.45) is 3.89. The summed E-state index contributed by atoms with van der Waals surface area (Å²) in [4.78, 5) is 6.87. The summed E-state index contributed by atoms with van der Waals surface area (Å²) in [5, 5.41) is 9.95. The molecule has 3 atom stereocenters.